The van der Waals surface area contributed by atoms with Crippen LogP contribution in [-0.2, 0) is 0 Å². The molecule has 0 N–H and O–H groups in total. The zero-order valence-electron chi connectivity index (χ0n) is 5.76. The summed E-state index contributed by atoms with van der Waals surface area (Å²) in [6.07, 6.45) is 1.48. The zero-order chi connectivity index (χ0) is 7.56. The summed E-state index contributed by atoms with van der Waals surface area (Å²) in [6.45, 7) is 1.78. The van der Waals surface area contributed by atoms with Gasteiger partial charge in [-0.15, -0.1) is 0 Å². The largest absolute Gasteiger partial charge is 0.480 e. The second-order valence-corrected chi connectivity index (χ2v) is 2.15. The lowest BCUT2D eigenvalue weighted by molar-refractivity contribution is 0.394. The van der Waals surface area contributed by atoms with Crippen molar-refractivity contribution in [1.82, 2.24) is 9.97 Å². The molecule has 4 heteroatoms. The molecule has 1 rings (SSSR count). The summed E-state index contributed by atoms with van der Waals surface area (Å²) in [7, 11) is 1.54. The van der Waals surface area contributed by atoms with Gasteiger partial charge in [0, 0.05) is 0 Å². The van der Waals surface area contributed by atoms with E-state index >= 15 is 0 Å². The first-order chi connectivity index (χ1) is 4.74. The van der Waals surface area contributed by atoms with Gasteiger partial charge in [-0.3, -0.25) is 0 Å². The highest BCUT2D eigenvalue weighted by Gasteiger charge is 1.98. The van der Waals surface area contributed by atoms with Gasteiger partial charge in [-0.1, -0.05) is 11.6 Å². The highest BCUT2D eigenvalue weighted by atomic mass is 35.5. The fourth-order valence-corrected chi connectivity index (χ4v) is 0.635. The Kier molecular flexibility index (Phi) is 2.06. The average molecular weight is 159 g/mol. The SMILES string of the molecule is COc1cnc(Cl)c(C)n1. The first kappa shape index (κ1) is 7.28. The maximum absolute atomic E-state index is 5.61. The van der Waals surface area contributed by atoms with Gasteiger partial charge in [-0.05, 0) is 6.92 Å². The van der Waals surface area contributed by atoms with E-state index in [1.165, 1.54) is 13.3 Å². The highest BCUT2D eigenvalue weighted by Crippen LogP contribution is 2.11. The van der Waals surface area contributed by atoms with Gasteiger partial charge in [0.05, 0.1) is 19.0 Å². The lowest BCUT2D eigenvalue weighted by atomic mass is 10.5. The van der Waals surface area contributed by atoms with Gasteiger partial charge in [-0.25, -0.2) is 9.97 Å². The van der Waals surface area contributed by atoms with Crippen LogP contribution in [0.1, 0.15) is 5.69 Å². The molecule has 0 fully saturated rings. The fourth-order valence-electron chi connectivity index (χ4n) is 0.544. The summed E-state index contributed by atoms with van der Waals surface area (Å²) in [6, 6.07) is 0. The summed E-state index contributed by atoms with van der Waals surface area (Å²) in [5.41, 5.74) is 0.681. The monoisotopic (exact) mass is 158 g/mol. The maximum atomic E-state index is 5.61. The number of methoxy groups -OCH3 is 1. The number of hydrogen-bond donors (Lipinski definition) is 0. The minimum absolute atomic E-state index is 0.417. The zero-order valence-corrected chi connectivity index (χ0v) is 6.51. The molecule has 0 bridgehead atoms. The second kappa shape index (κ2) is 2.84. The van der Waals surface area contributed by atoms with E-state index in [0.29, 0.717) is 16.7 Å². The number of halogens is 1. The van der Waals surface area contributed by atoms with Crippen molar-refractivity contribution in [3.8, 4) is 5.88 Å². The van der Waals surface area contributed by atoms with Crippen molar-refractivity contribution in [3.05, 3.63) is 17.0 Å². The van der Waals surface area contributed by atoms with E-state index < -0.39 is 0 Å². The highest BCUT2D eigenvalue weighted by molar-refractivity contribution is 6.29. The topological polar surface area (TPSA) is 35.0 Å². The summed E-state index contributed by atoms with van der Waals surface area (Å²) < 4.78 is 4.82. The van der Waals surface area contributed by atoms with Gasteiger partial charge in [0.2, 0.25) is 5.88 Å². The van der Waals surface area contributed by atoms with Crippen LogP contribution in [0.25, 0.3) is 0 Å². The van der Waals surface area contributed by atoms with E-state index in [2.05, 4.69) is 9.97 Å². The molecule has 0 spiro atoms. The van der Waals surface area contributed by atoms with E-state index in [1.807, 2.05) is 0 Å². The quantitative estimate of drug-likeness (QED) is 0.621. The molecule has 0 saturated heterocycles. The Bertz CT molecular complexity index is 239. The summed E-state index contributed by atoms with van der Waals surface area (Å²) in [4.78, 5) is 7.80. The minimum Gasteiger partial charge on any atom is -0.480 e. The van der Waals surface area contributed by atoms with Gasteiger partial charge >= 0.3 is 0 Å². The molecule has 0 aliphatic heterocycles. The van der Waals surface area contributed by atoms with Crippen LogP contribution in [0.15, 0.2) is 6.20 Å². The molecule has 10 heavy (non-hydrogen) atoms. The first-order valence-electron chi connectivity index (χ1n) is 2.77. The number of nitrogens with zero attached hydrogens (tertiary/aromatic N) is 2. The van der Waals surface area contributed by atoms with Gasteiger partial charge < -0.3 is 4.74 Å². The molecule has 0 radical (unpaired) electrons. The predicted octanol–water partition coefficient (Wildman–Crippen LogP) is 1.45. The number of aryl methyl sites for hydroxylation is 1. The molecule has 54 valence electrons. The van der Waals surface area contributed by atoms with Crippen molar-refractivity contribution in [2.24, 2.45) is 0 Å². The van der Waals surface area contributed by atoms with Crippen molar-refractivity contribution in [2.45, 2.75) is 6.92 Å². The standard InChI is InChI=1S/C6H7ClN2O/c1-4-6(7)8-3-5(9-4)10-2/h3H,1-2H3. The van der Waals surface area contributed by atoms with E-state index in [1.54, 1.807) is 6.92 Å². The van der Waals surface area contributed by atoms with Crippen molar-refractivity contribution >= 4 is 11.6 Å². The Morgan fingerprint density at radius 2 is 2.30 bits per heavy atom. The van der Waals surface area contributed by atoms with Gasteiger partial charge in [0.25, 0.3) is 0 Å². The van der Waals surface area contributed by atoms with Crippen LogP contribution >= 0.6 is 11.6 Å². The van der Waals surface area contributed by atoms with E-state index in [-0.39, 0.29) is 0 Å². The second-order valence-electron chi connectivity index (χ2n) is 1.79. The Morgan fingerprint density at radius 1 is 1.60 bits per heavy atom. The summed E-state index contributed by atoms with van der Waals surface area (Å²) in [5, 5.41) is 0.417. The molecule has 0 aliphatic rings. The van der Waals surface area contributed by atoms with E-state index in [0.717, 1.165) is 0 Å². The third kappa shape index (κ3) is 1.36. The van der Waals surface area contributed by atoms with Crippen LogP contribution in [0.3, 0.4) is 0 Å². The maximum Gasteiger partial charge on any atom is 0.232 e. The Morgan fingerprint density at radius 3 is 2.80 bits per heavy atom. The van der Waals surface area contributed by atoms with Crippen LogP contribution in [0, 0.1) is 6.92 Å². The fraction of sp³-hybridized carbons (Fsp3) is 0.333. The van der Waals surface area contributed by atoms with E-state index in [9.17, 15) is 0 Å². The number of rotatable bonds is 1. The Labute approximate surface area is 64.0 Å². The van der Waals surface area contributed by atoms with Crippen molar-refractivity contribution < 1.29 is 4.74 Å². The van der Waals surface area contributed by atoms with E-state index in [4.69, 9.17) is 16.3 Å². The molecule has 1 aromatic rings. The molecule has 0 saturated carbocycles. The number of aromatic nitrogens is 2. The normalized spacial score (nSPS) is 9.50. The lowest BCUT2D eigenvalue weighted by Gasteiger charge is -1.98. The molecular formula is C6H7ClN2O. The van der Waals surface area contributed by atoms with Gasteiger partial charge in [-0.2, -0.15) is 0 Å². The molecule has 0 amide bonds. The summed E-state index contributed by atoms with van der Waals surface area (Å²) >= 11 is 5.61. The van der Waals surface area contributed by atoms with Gasteiger partial charge in [0.15, 0.2) is 5.15 Å². The average Bonchev–Trinajstić information content (AvgIpc) is 1.95. The molecule has 3 nitrogen and oxygen atoms in total. The molecule has 0 unspecified atom stereocenters. The molecular weight excluding hydrogens is 152 g/mol. The Hall–Kier alpha value is -0.830. The third-order valence-corrected chi connectivity index (χ3v) is 1.45. The predicted molar refractivity (Wildman–Crippen MR) is 38.3 cm³/mol. The van der Waals surface area contributed by atoms with Crippen molar-refractivity contribution in [3.63, 3.8) is 0 Å². The molecule has 0 aliphatic carbocycles. The first-order valence-corrected chi connectivity index (χ1v) is 3.15. The lowest BCUT2D eigenvalue weighted by Crippen LogP contribution is -1.91. The van der Waals surface area contributed by atoms with Gasteiger partial charge in [0.1, 0.15) is 0 Å². The molecule has 1 aromatic heterocycles. The molecule has 1 heterocycles. The number of hydrogen-bond acceptors (Lipinski definition) is 3. The summed E-state index contributed by atoms with van der Waals surface area (Å²) in [5.74, 6) is 0.488. The van der Waals surface area contributed by atoms with Crippen LogP contribution in [0.2, 0.25) is 5.15 Å². The molecule has 0 aromatic carbocycles. The minimum atomic E-state index is 0.417. The third-order valence-electron chi connectivity index (χ3n) is 1.07. The number of ether oxygens (including phenoxy) is 1. The molecule has 0 atom stereocenters. The van der Waals surface area contributed by atoms with Crippen LogP contribution in [0.4, 0.5) is 0 Å². The van der Waals surface area contributed by atoms with Crippen LogP contribution < -0.4 is 4.74 Å². The van der Waals surface area contributed by atoms with Crippen molar-refractivity contribution in [2.75, 3.05) is 7.11 Å². The van der Waals surface area contributed by atoms with Crippen molar-refractivity contribution in [1.29, 1.82) is 0 Å². The Balaban J connectivity index is 3.04. The smallest absolute Gasteiger partial charge is 0.232 e. The van der Waals surface area contributed by atoms with Crippen LogP contribution in [-0.4, -0.2) is 17.1 Å². The van der Waals surface area contributed by atoms with Crippen LogP contribution in [0.5, 0.6) is 5.88 Å².